The first-order chi connectivity index (χ1) is 14.0. The molecule has 2 aromatic rings. The number of carboxylic acids is 1. The molecule has 0 unspecified atom stereocenters. The van der Waals surface area contributed by atoms with Crippen molar-refractivity contribution in [3.05, 3.63) is 65.0 Å². The molecule has 2 aromatic carbocycles. The number of rotatable bonds is 6. The topological polar surface area (TPSA) is 66.8 Å². The van der Waals surface area contributed by atoms with Gasteiger partial charge in [0, 0.05) is 18.7 Å². The lowest BCUT2D eigenvalue weighted by Crippen LogP contribution is -2.32. The summed E-state index contributed by atoms with van der Waals surface area (Å²) in [7, 11) is 0. The number of fused-ring (bicyclic) bond motifs is 1. The largest absolute Gasteiger partial charge is 0.486 e. The Kier molecular flexibility index (Phi) is 5.51. The molecule has 1 aliphatic heterocycles. The Morgan fingerprint density at radius 1 is 1.14 bits per heavy atom. The van der Waals surface area contributed by atoms with Gasteiger partial charge in [-0.1, -0.05) is 30.3 Å². The maximum Gasteiger partial charge on any atom is 0.306 e. The molecule has 1 heterocycles. The monoisotopic (exact) mass is 397 g/mol. The summed E-state index contributed by atoms with van der Waals surface area (Å²) in [6, 6.07) is 12.4. The average Bonchev–Trinajstić information content (AvgIpc) is 3.01. The zero-order valence-electron chi connectivity index (χ0n) is 16.1. The molecule has 0 bridgehead atoms. The number of amides is 1. The molecule has 0 spiro atoms. The lowest BCUT2D eigenvalue weighted by Gasteiger charge is -2.29. The van der Waals surface area contributed by atoms with Gasteiger partial charge in [-0.3, -0.25) is 9.59 Å². The molecule has 0 aromatic heterocycles. The molecule has 0 saturated heterocycles. The molecular formula is C23H24FNO4. The van der Waals surface area contributed by atoms with Gasteiger partial charge in [-0.15, -0.1) is 0 Å². The third kappa shape index (κ3) is 4.26. The molecule has 0 atom stereocenters. The number of carbonyl (C=O) groups excluding carboxylic acids is 1. The average molecular weight is 397 g/mol. The molecule has 6 heteroatoms. The van der Waals surface area contributed by atoms with Crippen molar-refractivity contribution in [3.63, 3.8) is 0 Å². The smallest absolute Gasteiger partial charge is 0.306 e. The minimum Gasteiger partial charge on any atom is -0.486 e. The molecule has 5 nitrogen and oxygen atoms in total. The van der Waals surface area contributed by atoms with Crippen LogP contribution in [-0.2, 0) is 17.9 Å². The molecule has 1 saturated carbocycles. The zero-order chi connectivity index (χ0) is 20.4. The highest BCUT2D eigenvalue weighted by molar-refractivity contribution is 5.98. The fourth-order valence-corrected chi connectivity index (χ4v) is 4.27. The van der Waals surface area contributed by atoms with Crippen molar-refractivity contribution in [1.29, 1.82) is 0 Å². The van der Waals surface area contributed by atoms with Crippen LogP contribution < -0.4 is 4.74 Å². The highest BCUT2D eigenvalue weighted by Gasteiger charge is 2.33. The van der Waals surface area contributed by atoms with Crippen LogP contribution in [0.25, 0.3) is 0 Å². The SMILES string of the molecule is O=C(O)C1CCC(CN2Cc3cc(F)c(OCc4ccccc4)cc3C2=O)CC1. The van der Waals surface area contributed by atoms with Crippen molar-refractivity contribution in [2.45, 2.75) is 38.8 Å². The number of hydrogen-bond acceptors (Lipinski definition) is 3. The van der Waals surface area contributed by atoms with E-state index in [1.165, 1.54) is 12.1 Å². The predicted molar refractivity (Wildman–Crippen MR) is 105 cm³/mol. The van der Waals surface area contributed by atoms with Crippen molar-refractivity contribution in [3.8, 4) is 5.75 Å². The van der Waals surface area contributed by atoms with Gasteiger partial charge in [0.2, 0.25) is 0 Å². The van der Waals surface area contributed by atoms with Gasteiger partial charge in [0.1, 0.15) is 6.61 Å². The van der Waals surface area contributed by atoms with E-state index < -0.39 is 11.8 Å². The van der Waals surface area contributed by atoms with Crippen LogP contribution in [-0.4, -0.2) is 28.4 Å². The lowest BCUT2D eigenvalue weighted by molar-refractivity contribution is -0.143. The van der Waals surface area contributed by atoms with E-state index in [2.05, 4.69) is 0 Å². The van der Waals surface area contributed by atoms with E-state index in [4.69, 9.17) is 9.84 Å². The number of aliphatic carboxylic acids is 1. The predicted octanol–water partition coefficient (Wildman–Crippen LogP) is 4.25. The van der Waals surface area contributed by atoms with E-state index in [9.17, 15) is 14.0 Å². The van der Waals surface area contributed by atoms with Crippen LogP contribution >= 0.6 is 0 Å². The number of hydrogen-bond donors (Lipinski definition) is 1. The second-order valence-electron chi connectivity index (χ2n) is 7.96. The summed E-state index contributed by atoms with van der Waals surface area (Å²) in [5.74, 6) is -1.18. The van der Waals surface area contributed by atoms with Crippen molar-refractivity contribution in [2.24, 2.45) is 11.8 Å². The van der Waals surface area contributed by atoms with E-state index in [1.807, 2.05) is 30.3 Å². The van der Waals surface area contributed by atoms with E-state index in [-0.39, 0.29) is 24.2 Å². The van der Waals surface area contributed by atoms with Gasteiger partial charge in [0.05, 0.1) is 5.92 Å². The van der Waals surface area contributed by atoms with Gasteiger partial charge in [-0.25, -0.2) is 4.39 Å². The first-order valence-electron chi connectivity index (χ1n) is 10.0. The quantitative estimate of drug-likeness (QED) is 0.791. The number of carbonyl (C=O) groups is 2. The first-order valence-corrected chi connectivity index (χ1v) is 10.0. The fraction of sp³-hybridized carbons (Fsp3) is 0.391. The number of nitrogens with zero attached hydrogens (tertiary/aromatic N) is 1. The van der Waals surface area contributed by atoms with Crippen molar-refractivity contribution in [1.82, 2.24) is 4.90 Å². The van der Waals surface area contributed by atoms with Crippen LogP contribution in [0.15, 0.2) is 42.5 Å². The van der Waals surface area contributed by atoms with E-state index in [1.54, 1.807) is 4.90 Å². The fourth-order valence-electron chi connectivity index (χ4n) is 4.27. The van der Waals surface area contributed by atoms with Gasteiger partial charge >= 0.3 is 5.97 Å². The summed E-state index contributed by atoms with van der Waals surface area (Å²) in [4.78, 5) is 25.7. The normalized spacial score (nSPS) is 21.1. The van der Waals surface area contributed by atoms with Crippen LogP contribution in [0, 0.1) is 17.7 Å². The first kappa shape index (κ1) is 19.4. The molecule has 29 heavy (non-hydrogen) atoms. The van der Waals surface area contributed by atoms with E-state index >= 15 is 0 Å². The Balaban J connectivity index is 1.40. The highest BCUT2D eigenvalue weighted by Crippen LogP contribution is 2.34. The molecule has 1 aliphatic carbocycles. The molecule has 1 amide bonds. The molecule has 0 radical (unpaired) electrons. The summed E-state index contributed by atoms with van der Waals surface area (Å²) >= 11 is 0. The van der Waals surface area contributed by atoms with Gasteiger partial charge in [0.15, 0.2) is 11.6 Å². The van der Waals surface area contributed by atoms with Crippen molar-refractivity contribution < 1.29 is 23.8 Å². The van der Waals surface area contributed by atoms with Gasteiger partial charge < -0.3 is 14.7 Å². The summed E-state index contributed by atoms with van der Waals surface area (Å²) in [6.45, 7) is 1.21. The second kappa shape index (κ2) is 8.23. The minimum atomic E-state index is -0.730. The lowest BCUT2D eigenvalue weighted by atomic mass is 9.82. The number of halogens is 1. The molecule has 152 valence electrons. The molecule has 1 fully saturated rings. The number of benzene rings is 2. The van der Waals surface area contributed by atoms with Crippen molar-refractivity contribution >= 4 is 11.9 Å². The summed E-state index contributed by atoms with van der Waals surface area (Å²) in [6.07, 6.45) is 2.91. The Morgan fingerprint density at radius 2 is 1.86 bits per heavy atom. The second-order valence-corrected chi connectivity index (χ2v) is 7.96. The Hall–Kier alpha value is -2.89. The molecular weight excluding hydrogens is 373 g/mol. The van der Waals surface area contributed by atoms with Gasteiger partial charge in [-0.05, 0) is 54.9 Å². The number of ether oxygens (including phenoxy) is 1. The van der Waals surface area contributed by atoms with Crippen LogP contribution in [0.4, 0.5) is 4.39 Å². The third-order valence-electron chi connectivity index (χ3n) is 5.95. The van der Waals surface area contributed by atoms with Crippen LogP contribution in [0.1, 0.15) is 47.2 Å². The van der Waals surface area contributed by atoms with E-state index in [0.29, 0.717) is 43.0 Å². The molecule has 1 N–H and O–H groups in total. The molecule has 4 rings (SSSR count). The van der Waals surface area contributed by atoms with E-state index in [0.717, 1.165) is 18.4 Å². The standard InChI is InChI=1S/C23H24FNO4/c24-20-10-18-13-25(12-15-6-8-17(9-7-15)23(27)28)22(26)19(18)11-21(20)29-14-16-4-2-1-3-5-16/h1-5,10-11,15,17H,6-9,12-14H2,(H,27,28). The molecule has 2 aliphatic rings. The zero-order valence-corrected chi connectivity index (χ0v) is 16.1. The Labute approximate surface area is 169 Å². The third-order valence-corrected chi connectivity index (χ3v) is 5.95. The Morgan fingerprint density at radius 3 is 2.55 bits per heavy atom. The van der Waals surface area contributed by atoms with Crippen molar-refractivity contribution in [2.75, 3.05) is 6.54 Å². The summed E-state index contributed by atoms with van der Waals surface area (Å²) < 4.78 is 20.1. The summed E-state index contributed by atoms with van der Waals surface area (Å²) in [5.41, 5.74) is 2.10. The van der Waals surface area contributed by atoms with Crippen LogP contribution in [0.3, 0.4) is 0 Å². The van der Waals surface area contributed by atoms with Gasteiger partial charge in [-0.2, -0.15) is 0 Å². The number of carboxylic acid groups (broad SMARTS) is 1. The maximum atomic E-state index is 14.5. The summed E-state index contributed by atoms with van der Waals surface area (Å²) in [5, 5.41) is 9.13. The Bertz CT molecular complexity index is 907. The van der Waals surface area contributed by atoms with Crippen LogP contribution in [0.5, 0.6) is 5.75 Å². The van der Waals surface area contributed by atoms with Gasteiger partial charge in [0.25, 0.3) is 5.91 Å². The highest BCUT2D eigenvalue weighted by atomic mass is 19.1. The van der Waals surface area contributed by atoms with Crippen LogP contribution in [0.2, 0.25) is 0 Å². The minimum absolute atomic E-state index is 0.0877. The maximum absolute atomic E-state index is 14.5.